The molecule has 0 saturated carbocycles. The van der Waals surface area contributed by atoms with Crippen LogP contribution >= 0.6 is 0 Å². The third-order valence-corrected chi connectivity index (χ3v) is 2.51. The van der Waals surface area contributed by atoms with Gasteiger partial charge in [-0.25, -0.2) is 0 Å². The minimum absolute atomic E-state index is 0.259. The van der Waals surface area contributed by atoms with E-state index in [2.05, 4.69) is 4.74 Å². The molecule has 0 fully saturated rings. The maximum absolute atomic E-state index is 12.0. The number of benzene rings is 1. The van der Waals surface area contributed by atoms with Crippen LogP contribution in [0.5, 0.6) is 5.75 Å². The number of rotatable bonds is 7. The first-order chi connectivity index (χ1) is 8.90. The summed E-state index contributed by atoms with van der Waals surface area (Å²) in [5.41, 5.74) is 0.763. The summed E-state index contributed by atoms with van der Waals surface area (Å²) in [4.78, 5) is 0. The lowest BCUT2D eigenvalue weighted by Gasteiger charge is -2.12. The molecule has 0 amide bonds. The Hall–Kier alpha value is -1.27. The molecule has 108 valence electrons. The van der Waals surface area contributed by atoms with Gasteiger partial charge in [-0.2, -0.15) is 0 Å². The third-order valence-electron chi connectivity index (χ3n) is 2.51. The number of hydrogen-bond donors (Lipinski definition) is 1. The standard InChI is InChI=1S/C13H17F3O3/c1-18-8-2-3-11(17)9-10-4-6-12(7-5-10)19-13(14,15)16/h4-7,11,17H,2-3,8-9H2,1H3. The number of ether oxygens (including phenoxy) is 2. The van der Waals surface area contributed by atoms with Crippen molar-refractivity contribution in [2.45, 2.75) is 31.7 Å². The van der Waals surface area contributed by atoms with Gasteiger partial charge in [0.05, 0.1) is 6.10 Å². The van der Waals surface area contributed by atoms with E-state index in [0.29, 0.717) is 19.4 Å². The molecule has 0 heterocycles. The molecule has 0 aromatic heterocycles. The lowest BCUT2D eigenvalue weighted by Crippen LogP contribution is -2.17. The lowest BCUT2D eigenvalue weighted by molar-refractivity contribution is -0.274. The first-order valence-electron chi connectivity index (χ1n) is 5.92. The Balaban J connectivity index is 2.43. The SMILES string of the molecule is COCCCC(O)Cc1ccc(OC(F)(F)F)cc1. The molecule has 1 unspecified atom stereocenters. The number of methoxy groups -OCH3 is 1. The number of aliphatic hydroxyl groups is 1. The molecule has 0 aliphatic rings. The van der Waals surface area contributed by atoms with Crippen LogP contribution in [0.4, 0.5) is 13.2 Å². The molecule has 0 saturated heterocycles. The van der Waals surface area contributed by atoms with Gasteiger partial charge < -0.3 is 14.6 Å². The van der Waals surface area contributed by atoms with Crippen LogP contribution in [0.2, 0.25) is 0 Å². The highest BCUT2D eigenvalue weighted by atomic mass is 19.4. The van der Waals surface area contributed by atoms with Crippen molar-refractivity contribution in [1.82, 2.24) is 0 Å². The molecule has 1 rings (SSSR count). The van der Waals surface area contributed by atoms with Crippen molar-refractivity contribution in [3.63, 3.8) is 0 Å². The van der Waals surface area contributed by atoms with E-state index in [-0.39, 0.29) is 5.75 Å². The first kappa shape index (κ1) is 15.8. The van der Waals surface area contributed by atoms with Crippen LogP contribution in [-0.2, 0) is 11.2 Å². The smallest absolute Gasteiger partial charge is 0.406 e. The number of hydrogen-bond acceptors (Lipinski definition) is 3. The predicted molar refractivity (Wildman–Crippen MR) is 63.9 cm³/mol. The third kappa shape index (κ3) is 7.03. The Morgan fingerprint density at radius 1 is 1.21 bits per heavy atom. The van der Waals surface area contributed by atoms with Gasteiger partial charge >= 0.3 is 6.36 Å². The molecule has 0 aliphatic carbocycles. The van der Waals surface area contributed by atoms with E-state index < -0.39 is 12.5 Å². The average Bonchev–Trinajstić information content (AvgIpc) is 2.30. The fraction of sp³-hybridized carbons (Fsp3) is 0.538. The molecule has 1 atom stereocenters. The Morgan fingerprint density at radius 3 is 2.37 bits per heavy atom. The van der Waals surface area contributed by atoms with E-state index in [4.69, 9.17) is 4.74 Å². The summed E-state index contributed by atoms with van der Waals surface area (Å²) in [7, 11) is 1.59. The summed E-state index contributed by atoms with van der Waals surface area (Å²) in [6.45, 7) is 0.579. The summed E-state index contributed by atoms with van der Waals surface area (Å²) >= 11 is 0. The fourth-order valence-electron chi connectivity index (χ4n) is 1.66. The quantitative estimate of drug-likeness (QED) is 0.779. The van der Waals surface area contributed by atoms with Gasteiger partial charge in [0.25, 0.3) is 0 Å². The minimum atomic E-state index is -4.68. The van der Waals surface area contributed by atoms with E-state index >= 15 is 0 Å². The van der Waals surface area contributed by atoms with Gasteiger partial charge in [-0.1, -0.05) is 12.1 Å². The van der Waals surface area contributed by atoms with Crippen molar-refractivity contribution in [3.8, 4) is 5.75 Å². The molecule has 1 aromatic carbocycles. The minimum Gasteiger partial charge on any atom is -0.406 e. The molecule has 0 radical (unpaired) electrons. The second-order valence-electron chi connectivity index (χ2n) is 4.18. The number of alkyl halides is 3. The highest BCUT2D eigenvalue weighted by molar-refractivity contribution is 5.27. The van der Waals surface area contributed by atoms with Gasteiger partial charge in [0.15, 0.2) is 0 Å². The number of halogens is 3. The summed E-state index contributed by atoms with van der Waals surface area (Å²) in [6.07, 6.45) is -3.47. The molecule has 0 spiro atoms. The second kappa shape index (κ2) is 7.35. The van der Waals surface area contributed by atoms with Crippen LogP contribution in [0.1, 0.15) is 18.4 Å². The zero-order valence-electron chi connectivity index (χ0n) is 10.6. The normalized spacial score (nSPS) is 13.3. The van der Waals surface area contributed by atoms with Gasteiger partial charge in [-0.15, -0.1) is 13.2 Å². The average molecular weight is 278 g/mol. The Labute approximate surface area is 110 Å². The highest BCUT2D eigenvalue weighted by Crippen LogP contribution is 2.23. The summed E-state index contributed by atoms with van der Waals surface area (Å²) in [5.74, 6) is -0.259. The molecule has 0 aliphatic heterocycles. The van der Waals surface area contributed by atoms with Crippen LogP contribution < -0.4 is 4.74 Å². The molecule has 6 heteroatoms. The van der Waals surface area contributed by atoms with Crippen LogP contribution in [0.3, 0.4) is 0 Å². The number of aliphatic hydroxyl groups excluding tert-OH is 1. The van der Waals surface area contributed by atoms with Gasteiger partial charge in [-0.3, -0.25) is 0 Å². The first-order valence-corrected chi connectivity index (χ1v) is 5.92. The molecule has 3 nitrogen and oxygen atoms in total. The van der Waals surface area contributed by atoms with Crippen molar-refractivity contribution in [2.75, 3.05) is 13.7 Å². The lowest BCUT2D eigenvalue weighted by atomic mass is 10.0. The Morgan fingerprint density at radius 2 is 1.84 bits per heavy atom. The molecule has 19 heavy (non-hydrogen) atoms. The maximum atomic E-state index is 12.0. The zero-order valence-corrected chi connectivity index (χ0v) is 10.6. The fourth-order valence-corrected chi connectivity index (χ4v) is 1.66. The van der Waals surface area contributed by atoms with E-state index in [9.17, 15) is 18.3 Å². The van der Waals surface area contributed by atoms with Crippen molar-refractivity contribution < 1.29 is 27.8 Å². The molecular weight excluding hydrogens is 261 g/mol. The summed E-state index contributed by atoms with van der Waals surface area (Å²) in [5, 5.41) is 9.72. The van der Waals surface area contributed by atoms with Gasteiger partial charge in [-0.05, 0) is 37.0 Å². The summed E-state index contributed by atoms with van der Waals surface area (Å²) < 4.78 is 44.5. The van der Waals surface area contributed by atoms with Crippen molar-refractivity contribution in [2.24, 2.45) is 0 Å². The van der Waals surface area contributed by atoms with Gasteiger partial charge in [0.1, 0.15) is 5.75 Å². The van der Waals surface area contributed by atoms with E-state index in [0.717, 1.165) is 12.0 Å². The van der Waals surface area contributed by atoms with Crippen molar-refractivity contribution >= 4 is 0 Å². The van der Waals surface area contributed by atoms with Crippen LogP contribution in [-0.4, -0.2) is 31.3 Å². The van der Waals surface area contributed by atoms with Crippen molar-refractivity contribution in [3.05, 3.63) is 29.8 Å². The monoisotopic (exact) mass is 278 g/mol. The van der Waals surface area contributed by atoms with Crippen LogP contribution in [0.15, 0.2) is 24.3 Å². The maximum Gasteiger partial charge on any atom is 0.573 e. The topological polar surface area (TPSA) is 38.7 Å². The van der Waals surface area contributed by atoms with Crippen LogP contribution in [0.25, 0.3) is 0 Å². The van der Waals surface area contributed by atoms with E-state index in [1.807, 2.05) is 0 Å². The molecule has 0 bridgehead atoms. The largest absolute Gasteiger partial charge is 0.573 e. The van der Waals surface area contributed by atoms with E-state index in [1.54, 1.807) is 7.11 Å². The van der Waals surface area contributed by atoms with Gasteiger partial charge in [0.2, 0.25) is 0 Å². The van der Waals surface area contributed by atoms with Crippen molar-refractivity contribution in [1.29, 1.82) is 0 Å². The second-order valence-corrected chi connectivity index (χ2v) is 4.18. The molecule has 1 aromatic rings. The Kier molecular flexibility index (Phi) is 6.11. The Bertz CT molecular complexity index is 362. The zero-order chi connectivity index (χ0) is 14.3. The molecular formula is C13H17F3O3. The highest BCUT2D eigenvalue weighted by Gasteiger charge is 2.30. The van der Waals surface area contributed by atoms with Crippen LogP contribution in [0, 0.1) is 0 Å². The summed E-state index contributed by atoms with van der Waals surface area (Å²) in [6, 6.07) is 5.51. The van der Waals surface area contributed by atoms with E-state index in [1.165, 1.54) is 24.3 Å². The predicted octanol–water partition coefficient (Wildman–Crippen LogP) is 2.92. The van der Waals surface area contributed by atoms with Gasteiger partial charge in [0, 0.05) is 13.7 Å². The molecule has 1 N–H and O–H groups in total.